The first-order chi connectivity index (χ1) is 13.0. The molecule has 0 aliphatic carbocycles. The second-order valence-electron chi connectivity index (χ2n) is 5.93. The minimum absolute atomic E-state index is 0.0500. The van der Waals surface area contributed by atoms with Crippen molar-refractivity contribution in [3.8, 4) is 6.07 Å². The summed E-state index contributed by atoms with van der Waals surface area (Å²) in [5.41, 5.74) is 1.67. The fraction of sp³-hybridized carbons (Fsp3) is 0.0435. The van der Waals surface area contributed by atoms with Crippen LogP contribution in [0.4, 0.5) is 8.78 Å². The van der Waals surface area contributed by atoms with Crippen LogP contribution in [0.5, 0.6) is 0 Å². The van der Waals surface area contributed by atoms with E-state index in [9.17, 15) is 13.6 Å². The van der Waals surface area contributed by atoms with E-state index in [1.807, 2.05) is 6.07 Å². The number of hydrogen-bond donors (Lipinski definition) is 0. The van der Waals surface area contributed by atoms with Gasteiger partial charge in [-0.25, -0.2) is 0 Å². The molecule has 0 N–H and O–H groups in total. The Bertz CT molecular complexity index is 1000. The Morgan fingerprint density at radius 2 is 1.26 bits per heavy atom. The lowest BCUT2D eigenvalue weighted by molar-refractivity contribution is 0.0384. The molecule has 0 unspecified atom stereocenters. The molecule has 3 aromatic rings. The van der Waals surface area contributed by atoms with Crippen molar-refractivity contribution in [2.75, 3.05) is 0 Å². The number of Topliss-reactive ketones (excluding diaryl/α,β-unsaturated/α-hetero) is 1. The Morgan fingerprint density at radius 3 is 1.78 bits per heavy atom. The molecule has 0 atom stereocenters. The van der Waals surface area contributed by atoms with E-state index in [2.05, 4.69) is 0 Å². The minimum atomic E-state index is -3.68. The molecule has 0 saturated carbocycles. The lowest BCUT2D eigenvalue weighted by Gasteiger charge is -2.15. The summed E-state index contributed by atoms with van der Waals surface area (Å²) in [7, 11) is 0. The second kappa shape index (κ2) is 7.76. The Hall–Kier alpha value is -3.58. The van der Waals surface area contributed by atoms with Gasteiger partial charge in [-0.3, -0.25) is 4.79 Å². The summed E-state index contributed by atoms with van der Waals surface area (Å²) < 4.78 is 29.6. The van der Waals surface area contributed by atoms with Crippen molar-refractivity contribution in [2.45, 2.75) is 5.92 Å². The summed E-state index contributed by atoms with van der Waals surface area (Å²) in [6.07, 6.45) is 0.693. The number of hydrogen-bond acceptors (Lipinski definition) is 2. The van der Waals surface area contributed by atoms with Crippen LogP contribution in [0.1, 0.15) is 27.0 Å². The van der Waals surface area contributed by atoms with Gasteiger partial charge in [-0.1, -0.05) is 72.8 Å². The molecule has 0 aliphatic rings. The molecule has 4 heteroatoms. The van der Waals surface area contributed by atoms with E-state index in [1.165, 1.54) is 12.1 Å². The van der Waals surface area contributed by atoms with E-state index in [0.717, 1.165) is 0 Å². The quantitative estimate of drug-likeness (QED) is 0.564. The number of alkyl halides is 2. The van der Waals surface area contributed by atoms with Gasteiger partial charge in [0.25, 0.3) is 0 Å². The Morgan fingerprint density at radius 1 is 0.778 bits per heavy atom. The molecule has 0 aromatic heterocycles. The van der Waals surface area contributed by atoms with Gasteiger partial charge in [0.1, 0.15) is 0 Å². The van der Waals surface area contributed by atoms with E-state index in [4.69, 9.17) is 5.26 Å². The van der Waals surface area contributed by atoms with Crippen molar-refractivity contribution in [2.24, 2.45) is 0 Å². The highest BCUT2D eigenvalue weighted by molar-refractivity contribution is 6.04. The highest BCUT2D eigenvalue weighted by Crippen LogP contribution is 2.31. The third-order valence-corrected chi connectivity index (χ3v) is 4.07. The van der Waals surface area contributed by atoms with Gasteiger partial charge in [-0.05, 0) is 28.8 Å². The largest absolute Gasteiger partial charge is 0.329 e. The Labute approximate surface area is 156 Å². The molecule has 0 heterocycles. The number of nitriles is 1. The molecule has 0 spiro atoms. The first-order valence-electron chi connectivity index (χ1n) is 8.28. The lowest BCUT2D eigenvalue weighted by Crippen LogP contribution is -2.26. The maximum atomic E-state index is 14.8. The van der Waals surface area contributed by atoms with E-state index in [0.29, 0.717) is 22.8 Å². The zero-order valence-electron chi connectivity index (χ0n) is 14.3. The van der Waals surface area contributed by atoms with Crippen LogP contribution in [-0.2, 0) is 0 Å². The molecule has 0 radical (unpaired) electrons. The molecule has 0 aliphatic heterocycles. The van der Waals surface area contributed by atoms with Gasteiger partial charge in [0.2, 0.25) is 5.78 Å². The van der Waals surface area contributed by atoms with Crippen molar-refractivity contribution < 1.29 is 13.6 Å². The molecule has 0 amide bonds. The zero-order chi connectivity index (χ0) is 19.3. The van der Waals surface area contributed by atoms with Crippen LogP contribution in [0.15, 0.2) is 91.0 Å². The summed E-state index contributed by atoms with van der Waals surface area (Å²) in [5.74, 6) is -4.94. The average molecular weight is 359 g/mol. The average Bonchev–Trinajstić information content (AvgIpc) is 2.73. The van der Waals surface area contributed by atoms with Gasteiger partial charge in [0.15, 0.2) is 0 Å². The number of halogens is 2. The monoisotopic (exact) mass is 359 g/mol. The molecule has 0 saturated heterocycles. The van der Waals surface area contributed by atoms with Gasteiger partial charge in [-0.2, -0.15) is 14.0 Å². The number of rotatable bonds is 5. The van der Waals surface area contributed by atoms with Crippen molar-refractivity contribution in [1.82, 2.24) is 0 Å². The summed E-state index contributed by atoms with van der Waals surface area (Å²) in [5, 5.41) is 8.94. The summed E-state index contributed by atoms with van der Waals surface area (Å²) in [4.78, 5) is 12.3. The molecule has 3 rings (SSSR count). The molecule has 0 fully saturated rings. The third-order valence-electron chi connectivity index (χ3n) is 4.07. The van der Waals surface area contributed by atoms with E-state index in [1.54, 1.807) is 72.8 Å². The standard InChI is InChI=1S/C23H15F2NO/c24-23(25,22(27)20-9-5-2-6-10-20)15-21(18-7-3-1-4-8-18)19-13-11-17(16-26)12-14-19/h1-15H. The van der Waals surface area contributed by atoms with Crippen LogP contribution in [0.2, 0.25) is 0 Å². The molecular formula is C23H15F2NO. The normalized spacial score (nSPS) is 11.7. The molecule has 2 nitrogen and oxygen atoms in total. The number of ketones is 1. The van der Waals surface area contributed by atoms with E-state index in [-0.39, 0.29) is 11.1 Å². The smallest absolute Gasteiger partial charge is 0.287 e. The molecule has 0 bridgehead atoms. The third kappa shape index (κ3) is 4.16. The number of carbonyl (C=O) groups is 1. The second-order valence-corrected chi connectivity index (χ2v) is 5.93. The summed E-state index contributed by atoms with van der Waals surface area (Å²) in [6.45, 7) is 0. The van der Waals surface area contributed by atoms with Gasteiger partial charge in [-0.15, -0.1) is 0 Å². The SMILES string of the molecule is N#Cc1ccc(C(=CC(F)(F)C(=O)c2ccccc2)c2ccccc2)cc1. The summed E-state index contributed by atoms with van der Waals surface area (Å²) >= 11 is 0. The number of allylic oxidation sites excluding steroid dienone is 1. The molecule has 3 aromatic carbocycles. The predicted molar refractivity (Wildman–Crippen MR) is 100 cm³/mol. The van der Waals surface area contributed by atoms with Crippen molar-refractivity contribution in [3.63, 3.8) is 0 Å². The van der Waals surface area contributed by atoms with Crippen molar-refractivity contribution in [3.05, 3.63) is 113 Å². The molecule has 27 heavy (non-hydrogen) atoms. The maximum absolute atomic E-state index is 14.8. The number of benzene rings is 3. The highest BCUT2D eigenvalue weighted by Gasteiger charge is 2.37. The Kier molecular flexibility index (Phi) is 5.23. The van der Waals surface area contributed by atoms with Crippen LogP contribution in [0.25, 0.3) is 5.57 Å². The first-order valence-corrected chi connectivity index (χ1v) is 8.28. The topological polar surface area (TPSA) is 40.9 Å². The minimum Gasteiger partial charge on any atom is -0.287 e. The van der Waals surface area contributed by atoms with Gasteiger partial charge in [0, 0.05) is 11.6 Å². The number of carbonyl (C=O) groups excluding carboxylic acids is 1. The fourth-order valence-corrected chi connectivity index (χ4v) is 2.70. The zero-order valence-corrected chi connectivity index (χ0v) is 14.3. The van der Waals surface area contributed by atoms with Gasteiger partial charge in [0.05, 0.1) is 11.6 Å². The predicted octanol–water partition coefficient (Wildman–Crippen LogP) is 5.51. The van der Waals surface area contributed by atoms with Crippen LogP contribution < -0.4 is 0 Å². The fourth-order valence-electron chi connectivity index (χ4n) is 2.70. The summed E-state index contributed by atoms with van der Waals surface area (Å²) in [6, 6.07) is 24.5. The van der Waals surface area contributed by atoms with E-state index < -0.39 is 11.7 Å². The lowest BCUT2D eigenvalue weighted by atomic mass is 9.93. The molecular weight excluding hydrogens is 344 g/mol. The highest BCUT2D eigenvalue weighted by atomic mass is 19.3. The van der Waals surface area contributed by atoms with Crippen molar-refractivity contribution >= 4 is 11.4 Å². The van der Waals surface area contributed by atoms with Gasteiger partial charge < -0.3 is 0 Å². The van der Waals surface area contributed by atoms with Crippen LogP contribution in [-0.4, -0.2) is 11.7 Å². The van der Waals surface area contributed by atoms with Crippen molar-refractivity contribution in [1.29, 1.82) is 5.26 Å². The van der Waals surface area contributed by atoms with Crippen LogP contribution >= 0.6 is 0 Å². The Balaban J connectivity index is 2.09. The van der Waals surface area contributed by atoms with Crippen LogP contribution in [0.3, 0.4) is 0 Å². The first kappa shape index (κ1) is 18.2. The van der Waals surface area contributed by atoms with Gasteiger partial charge >= 0.3 is 5.92 Å². The van der Waals surface area contributed by atoms with Crippen LogP contribution in [0, 0.1) is 11.3 Å². The maximum Gasteiger partial charge on any atom is 0.329 e. The van der Waals surface area contributed by atoms with E-state index >= 15 is 0 Å². The molecule has 132 valence electrons. The number of nitrogens with zero attached hydrogens (tertiary/aromatic N) is 1.